The third-order valence-electron chi connectivity index (χ3n) is 3.08. The molecule has 0 radical (unpaired) electrons. The summed E-state index contributed by atoms with van der Waals surface area (Å²) < 4.78 is 10.5. The first kappa shape index (κ1) is 15.9. The maximum Gasteiger partial charge on any atom is 0.342 e. The average molecular weight is 313 g/mol. The minimum absolute atomic E-state index is 0.151. The lowest BCUT2D eigenvalue weighted by Crippen LogP contribution is -2.07. The van der Waals surface area contributed by atoms with E-state index >= 15 is 0 Å². The third-order valence-corrected chi connectivity index (χ3v) is 3.81. The van der Waals surface area contributed by atoms with Crippen LogP contribution in [0.15, 0.2) is 47.4 Å². The Morgan fingerprint density at radius 3 is 2.55 bits per heavy atom. The van der Waals surface area contributed by atoms with Crippen molar-refractivity contribution in [3.05, 3.63) is 59.2 Å². The summed E-state index contributed by atoms with van der Waals surface area (Å²) in [6, 6.07) is 14.3. The molecule has 0 unspecified atom stereocenters. The summed E-state index contributed by atoms with van der Waals surface area (Å²) in [6.07, 6.45) is 1.96. The highest BCUT2D eigenvalue weighted by atomic mass is 32.2. The molecule has 5 heteroatoms. The summed E-state index contributed by atoms with van der Waals surface area (Å²) in [5, 5.41) is 8.74. The van der Waals surface area contributed by atoms with Crippen LogP contribution >= 0.6 is 11.8 Å². The van der Waals surface area contributed by atoms with Gasteiger partial charge < -0.3 is 9.47 Å². The minimum atomic E-state index is -0.436. The molecule has 0 aliphatic heterocycles. The van der Waals surface area contributed by atoms with E-state index in [2.05, 4.69) is 0 Å². The molecule has 0 N–H and O–H groups in total. The summed E-state index contributed by atoms with van der Waals surface area (Å²) in [4.78, 5) is 13.2. The fourth-order valence-corrected chi connectivity index (χ4v) is 2.30. The van der Waals surface area contributed by atoms with Crippen molar-refractivity contribution >= 4 is 17.7 Å². The molecule has 0 saturated heterocycles. The molecular weight excluding hydrogens is 298 g/mol. The number of rotatable bonds is 5. The molecule has 22 heavy (non-hydrogen) atoms. The number of esters is 1. The van der Waals surface area contributed by atoms with E-state index in [0.717, 1.165) is 10.5 Å². The molecule has 0 bridgehead atoms. The van der Waals surface area contributed by atoms with Gasteiger partial charge in [0.05, 0.1) is 18.7 Å². The molecule has 0 fully saturated rings. The van der Waals surface area contributed by atoms with E-state index in [-0.39, 0.29) is 6.61 Å². The lowest BCUT2D eigenvalue weighted by molar-refractivity contribution is 0.0469. The predicted octanol–water partition coefficient (Wildman–Crippen LogP) is 3.65. The van der Waals surface area contributed by atoms with Gasteiger partial charge >= 0.3 is 5.97 Å². The molecule has 0 aliphatic carbocycles. The van der Waals surface area contributed by atoms with Crippen molar-refractivity contribution in [2.45, 2.75) is 11.5 Å². The van der Waals surface area contributed by atoms with Crippen molar-refractivity contribution < 1.29 is 14.3 Å². The zero-order chi connectivity index (χ0) is 15.9. The Labute approximate surface area is 133 Å². The maximum absolute atomic E-state index is 12.2. The summed E-state index contributed by atoms with van der Waals surface area (Å²) in [7, 11) is 1.52. The van der Waals surface area contributed by atoms with E-state index in [9.17, 15) is 4.79 Å². The predicted molar refractivity (Wildman–Crippen MR) is 85.1 cm³/mol. The maximum atomic E-state index is 12.2. The molecule has 4 nitrogen and oxygen atoms in total. The van der Waals surface area contributed by atoms with Crippen molar-refractivity contribution in [1.82, 2.24) is 0 Å². The van der Waals surface area contributed by atoms with E-state index in [1.807, 2.05) is 24.5 Å². The number of thioether (sulfide) groups is 1. The minimum Gasteiger partial charge on any atom is -0.496 e. The van der Waals surface area contributed by atoms with Crippen LogP contribution in [0.3, 0.4) is 0 Å². The Morgan fingerprint density at radius 2 is 1.95 bits per heavy atom. The number of benzene rings is 2. The van der Waals surface area contributed by atoms with Gasteiger partial charge in [-0.25, -0.2) is 4.79 Å². The first-order valence-corrected chi connectivity index (χ1v) is 7.78. The highest BCUT2D eigenvalue weighted by Crippen LogP contribution is 2.26. The molecule has 2 aromatic carbocycles. The Bertz CT molecular complexity index is 705. The van der Waals surface area contributed by atoms with Gasteiger partial charge in [0.15, 0.2) is 0 Å². The normalized spacial score (nSPS) is 9.86. The molecular formula is C17H15NO3S. The van der Waals surface area contributed by atoms with Gasteiger partial charge in [-0.1, -0.05) is 12.1 Å². The second kappa shape index (κ2) is 7.53. The van der Waals surface area contributed by atoms with E-state index in [1.54, 1.807) is 42.1 Å². The van der Waals surface area contributed by atoms with E-state index in [1.165, 1.54) is 7.11 Å². The van der Waals surface area contributed by atoms with Gasteiger partial charge in [-0.05, 0) is 42.2 Å². The summed E-state index contributed by atoms with van der Waals surface area (Å²) in [5.41, 5.74) is 1.80. The van der Waals surface area contributed by atoms with Gasteiger partial charge in [-0.2, -0.15) is 5.26 Å². The van der Waals surface area contributed by atoms with Crippen molar-refractivity contribution in [2.75, 3.05) is 13.4 Å². The molecule has 112 valence electrons. The van der Waals surface area contributed by atoms with Gasteiger partial charge in [0.25, 0.3) is 0 Å². The number of hydrogen-bond acceptors (Lipinski definition) is 5. The van der Waals surface area contributed by atoms with Crippen LogP contribution < -0.4 is 4.74 Å². The number of carbonyl (C=O) groups excluding carboxylic acids is 1. The summed E-state index contributed by atoms with van der Waals surface area (Å²) in [5.74, 6) is 0.0607. The molecule has 0 heterocycles. The summed E-state index contributed by atoms with van der Waals surface area (Å²) >= 11 is 1.57. The number of nitrogens with zero attached hydrogens (tertiary/aromatic N) is 1. The Morgan fingerprint density at radius 1 is 1.23 bits per heavy atom. The topological polar surface area (TPSA) is 59.3 Å². The number of hydrogen-bond donors (Lipinski definition) is 0. The van der Waals surface area contributed by atoms with Crippen LogP contribution in [0.5, 0.6) is 5.75 Å². The Kier molecular flexibility index (Phi) is 5.45. The van der Waals surface area contributed by atoms with Gasteiger partial charge in [-0.15, -0.1) is 11.8 Å². The summed E-state index contributed by atoms with van der Waals surface area (Å²) in [6.45, 7) is 0.151. The molecule has 2 rings (SSSR count). The molecule has 0 spiro atoms. The second-order valence-corrected chi connectivity index (χ2v) is 5.33. The van der Waals surface area contributed by atoms with E-state index in [0.29, 0.717) is 16.9 Å². The molecule has 2 aromatic rings. The van der Waals surface area contributed by atoms with Crippen LogP contribution in [0.25, 0.3) is 0 Å². The fraction of sp³-hybridized carbons (Fsp3) is 0.176. The van der Waals surface area contributed by atoms with Crippen LogP contribution in [0, 0.1) is 11.3 Å². The van der Waals surface area contributed by atoms with Crippen LogP contribution in [-0.2, 0) is 11.3 Å². The second-order valence-electron chi connectivity index (χ2n) is 4.45. The van der Waals surface area contributed by atoms with E-state index in [4.69, 9.17) is 14.7 Å². The average Bonchev–Trinajstić information content (AvgIpc) is 2.59. The standard InChI is InChI=1S/C17H15NO3S/c1-20-16-9-14(22-2)7-8-15(16)17(19)21-11-13-5-3-12(10-18)4-6-13/h3-9H,11H2,1-2H3. The quantitative estimate of drug-likeness (QED) is 0.623. The third kappa shape index (κ3) is 3.80. The Hall–Kier alpha value is -2.45. The van der Waals surface area contributed by atoms with Crippen LogP contribution in [0.4, 0.5) is 0 Å². The molecule has 0 aliphatic rings. The van der Waals surface area contributed by atoms with Crippen molar-refractivity contribution in [3.8, 4) is 11.8 Å². The monoisotopic (exact) mass is 313 g/mol. The molecule has 0 amide bonds. The smallest absolute Gasteiger partial charge is 0.342 e. The van der Waals surface area contributed by atoms with Crippen LogP contribution in [-0.4, -0.2) is 19.3 Å². The zero-order valence-electron chi connectivity index (χ0n) is 12.3. The van der Waals surface area contributed by atoms with Crippen molar-refractivity contribution in [3.63, 3.8) is 0 Å². The van der Waals surface area contributed by atoms with Gasteiger partial charge in [0.1, 0.15) is 17.9 Å². The SMILES string of the molecule is COc1cc(SC)ccc1C(=O)OCc1ccc(C#N)cc1. The van der Waals surface area contributed by atoms with Gasteiger partial charge in [-0.3, -0.25) is 0 Å². The lowest BCUT2D eigenvalue weighted by Gasteiger charge is -2.10. The van der Waals surface area contributed by atoms with Crippen LogP contribution in [0.1, 0.15) is 21.5 Å². The lowest BCUT2D eigenvalue weighted by atomic mass is 10.1. The zero-order valence-corrected chi connectivity index (χ0v) is 13.1. The highest BCUT2D eigenvalue weighted by molar-refractivity contribution is 7.98. The fourth-order valence-electron chi connectivity index (χ4n) is 1.87. The first-order chi connectivity index (χ1) is 10.7. The Balaban J connectivity index is 2.07. The molecule has 0 saturated carbocycles. The highest BCUT2D eigenvalue weighted by Gasteiger charge is 2.14. The largest absolute Gasteiger partial charge is 0.496 e. The molecule has 0 atom stereocenters. The first-order valence-electron chi connectivity index (χ1n) is 6.56. The number of methoxy groups -OCH3 is 1. The van der Waals surface area contributed by atoms with E-state index < -0.39 is 5.97 Å². The van der Waals surface area contributed by atoms with Crippen molar-refractivity contribution in [1.29, 1.82) is 5.26 Å². The van der Waals surface area contributed by atoms with Crippen molar-refractivity contribution in [2.24, 2.45) is 0 Å². The molecule has 0 aromatic heterocycles. The number of carbonyl (C=O) groups is 1. The van der Waals surface area contributed by atoms with Crippen LogP contribution in [0.2, 0.25) is 0 Å². The van der Waals surface area contributed by atoms with Gasteiger partial charge in [0, 0.05) is 4.90 Å². The number of ether oxygens (including phenoxy) is 2. The number of nitriles is 1. The van der Waals surface area contributed by atoms with Gasteiger partial charge in [0.2, 0.25) is 0 Å².